The number of methoxy groups -OCH3 is 1. The number of nitrogens with one attached hydrogen (secondary N) is 2. The lowest BCUT2D eigenvalue weighted by atomic mass is 9.94. The van der Waals surface area contributed by atoms with E-state index in [0.717, 1.165) is 18.8 Å². The standard InChI is InChI=1S/C17H22N2OS/c1-20-16-7-3-2-5-13(16)11-19-15-6-4-9-18-17(15)14-8-10-21-12-14/h2-3,5,7-8,10,12,15,17-19H,4,6,9,11H2,1H3. The number of hydrogen-bond donors (Lipinski definition) is 2. The van der Waals surface area contributed by atoms with Crippen molar-refractivity contribution in [1.29, 1.82) is 0 Å². The van der Waals surface area contributed by atoms with Gasteiger partial charge in [-0.3, -0.25) is 0 Å². The summed E-state index contributed by atoms with van der Waals surface area (Å²) in [7, 11) is 1.73. The summed E-state index contributed by atoms with van der Waals surface area (Å²) in [6, 6.07) is 11.3. The lowest BCUT2D eigenvalue weighted by Crippen LogP contribution is -2.45. The van der Waals surface area contributed by atoms with E-state index < -0.39 is 0 Å². The highest BCUT2D eigenvalue weighted by atomic mass is 32.1. The van der Waals surface area contributed by atoms with Crippen LogP contribution in [0.5, 0.6) is 5.75 Å². The van der Waals surface area contributed by atoms with Gasteiger partial charge in [-0.05, 0) is 47.8 Å². The highest BCUT2D eigenvalue weighted by molar-refractivity contribution is 7.07. The van der Waals surface area contributed by atoms with Gasteiger partial charge < -0.3 is 15.4 Å². The van der Waals surface area contributed by atoms with Crippen LogP contribution in [0.2, 0.25) is 0 Å². The molecule has 2 aromatic rings. The number of benzene rings is 1. The van der Waals surface area contributed by atoms with Gasteiger partial charge in [0.15, 0.2) is 0 Å². The molecule has 0 bridgehead atoms. The van der Waals surface area contributed by atoms with Crippen LogP contribution in [0.15, 0.2) is 41.1 Å². The van der Waals surface area contributed by atoms with Crippen LogP contribution in [0.3, 0.4) is 0 Å². The number of para-hydroxylation sites is 1. The van der Waals surface area contributed by atoms with Crippen molar-refractivity contribution in [2.24, 2.45) is 0 Å². The zero-order chi connectivity index (χ0) is 14.5. The molecule has 112 valence electrons. The van der Waals surface area contributed by atoms with Crippen molar-refractivity contribution in [2.45, 2.75) is 31.5 Å². The minimum atomic E-state index is 0.416. The number of piperidine rings is 1. The van der Waals surface area contributed by atoms with Crippen LogP contribution in [0.1, 0.15) is 30.0 Å². The van der Waals surface area contributed by atoms with Crippen molar-refractivity contribution in [3.63, 3.8) is 0 Å². The molecule has 0 saturated carbocycles. The molecule has 0 radical (unpaired) electrons. The SMILES string of the molecule is COc1ccccc1CNC1CCCNC1c1ccsc1. The summed E-state index contributed by atoms with van der Waals surface area (Å²) < 4.78 is 5.43. The molecule has 2 atom stereocenters. The summed E-state index contributed by atoms with van der Waals surface area (Å²) in [5, 5.41) is 11.8. The quantitative estimate of drug-likeness (QED) is 0.889. The van der Waals surface area contributed by atoms with E-state index in [2.05, 4.69) is 39.6 Å². The van der Waals surface area contributed by atoms with Crippen LogP contribution >= 0.6 is 11.3 Å². The Kier molecular flexibility index (Phi) is 4.91. The van der Waals surface area contributed by atoms with Crippen molar-refractivity contribution in [3.05, 3.63) is 52.2 Å². The summed E-state index contributed by atoms with van der Waals surface area (Å²) in [5.41, 5.74) is 2.62. The van der Waals surface area contributed by atoms with E-state index in [4.69, 9.17) is 4.74 Å². The molecular formula is C17H22N2OS. The average molecular weight is 302 g/mol. The van der Waals surface area contributed by atoms with Gasteiger partial charge in [0.05, 0.1) is 7.11 Å². The first-order chi connectivity index (χ1) is 10.4. The summed E-state index contributed by atoms with van der Waals surface area (Å²) in [4.78, 5) is 0. The van der Waals surface area contributed by atoms with Crippen LogP contribution in [-0.4, -0.2) is 19.7 Å². The van der Waals surface area contributed by atoms with Gasteiger partial charge in [0.1, 0.15) is 5.75 Å². The smallest absolute Gasteiger partial charge is 0.123 e. The first-order valence-electron chi connectivity index (χ1n) is 7.49. The summed E-state index contributed by atoms with van der Waals surface area (Å²) in [5.74, 6) is 0.959. The Hall–Kier alpha value is -1.36. The molecule has 3 rings (SSSR count). The predicted molar refractivity (Wildman–Crippen MR) is 87.9 cm³/mol. The summed E-state index contributed by atoms with van der Waals surface area (Å²) >= 11 is 1.77. The van der Waals surface area contributed by atoms with Gasteiger partial charge in [0, 0.05) is 24.2 Å². The van der Waals surface area contributed by atoms with Gasteiger partial charge in [-0.15, -0.1) is 0 Å². The van der Waals surface area contributed by atoms with E-state index in [0.29, 0.717) is 12.1 Å². The van der Waals surface area contributed by atoms with Gasteiger partial charge in [-0.1, -0.05) is 18.2 Å². The Morgan fingerprint density at radius 3 is 3.05 bits per heavy atom. The van der Waals surface area contributed by atoms with Gasteiger partial charge in [0.2, 0.25) is 0 Å². The van der Waals surface area contributed by atoms with Gasteiger partial charge in [-0.25, -0.2) is 0 Å². The molecule has 1 fully saturated rings. The topological polar surface area (TPSA) is 33.3 Å². The van der Waals surface area contributed by atoms with Crippen molar-refractivity contribution < 1.29 is 4.74 Å². The number of rotatable bonds is 5. The molecule has 0 spiro atoms. The first kappa shape index (κ1) is 14.6. The van der Waals surface area contributed by atoms with E-state index in [1.54, 1.807) is 18.4 Å². The second kappa shape index (κ2) is 7.07. The minimum absolute atomic E-state index is 0.416. The van der Waals surface area contributed by atoms with Gasteiger partial charge >= 0.3 is 0 Å². The maximum atomic E-state index is 5.43. The molecule has 4 heteroatoms. The Morgan fingerprint density at radius 2 is 2.24 bits per heavy atom. The van der Waals surface area contributed by atoms with Crippen molar-refractivity contribution >= 4 is 11.3 Å². The van der Waals surface area contributed by atoms with Crippen molar-refractivity contribution in [2.75, 3.05) is 13.7 Å². The molecule has 2 unspecified atom stereocenters. The summed E-state index contributed by atoms with van der Waals surface area (Å²) in [6.07, 6.45) is 2.44. The second-order valence-corrected chi connectivity index (χ2v) is 6.21. The fourth-order valence-electron chi connectivity index (χ4n) is 3.00. The van der Waals surface area contributed by atoms with E-state index >= 15 is 0 Å². The molecule has 1 aromatic heterocycles. The molecular weight excluding hydrogens is 280 g/mol. The predicted octanol–water partition coefficient (Wildman–Crippen LogP) is 3.34. The molecule has 1 aromatic carbocycles. The zero-order valence-corrected chi connectivity index (χ0v) is 13.2. The number of ether oxygens (including phenoxy) is 1. The van der Waals surface area contributed by atoms with Crippen LogP contribution in [-0.2, 0) is 6.54 Å². The third kappa shape index (κ3) is 3.46. The molecule has 1 saturated heterocycles. The molecule has 0 aliphatic carbocycles. The fourth-order valence-corrected chi connectivity index (χ4v) is 3.70. The zero-order valence-electron chi connectivity index (χ0n) is 12.3. The molecule has 2 N–H and O–H groups in total. The molecule has 21 heavy (non-hydrogen) atoms. The third-order valence-corrected chi connectivity index (χ3v) is 4.81. The Labute approximate surface area is 130 Å². The van der Waals surface area contributed by atoms with Gasteiger partial charge in [0.25, 0.3) is 0 Å². The van der Waals surface area contributed by atoms with Crippen LogP contribution in [0, 0.1) is 0 Å². The maximum absolute atomic E-state index is 5.43. The highest BCUT2D eigenvalue weighted by Crippen LogP contribution is 2.26. The largest absolute Gasteiger partial charge is 0.496 e. The van der Waals surface area contributed by atoms with E-state index in [1.165, 1.54) is 24.0 Å². The maximum Gasteiger partial charge on any atom is 0.123 e. The molecule has 1 aliphatic rings. The molecule has 1 aliphatic heterocycles. The minimum Gasteiger partial charge on any atom is -0.496 e. The average Bonchev–Trinajstić information content (AvgIpc) is 3.08. The van der Waals surface area contributed by atoms with Crippen LogP contribution in [0.4, 0.5) is 0 Å². The molecule has 0 amide bonds. The van der Waals surface area contributed by atoms with E-state index in [-0.39, 0.29) is 0 Å². The normalized spacial score (nSPS) is 22.1. The third-order valence-electron chi connectivity index (χ3n) is 4.11. The van der Waals surface area contributed by atoms with E-state index in [9.17, 15) is 0 Å². The molecule has 2 heterocycles. The summed E-state index contributed by atoms with van der Waals surface area (Å²) in [6.45, 7) is 1.95. The number of thiophene rings is 1. The van der Waals surface area contributed by atoms with Crippen LogP contribution < -0.4 is 15.4 Å². The lowest BCUT2D eigenvalue weighted by molar-refractivity contribution is 0.303. The Morgan fingerprint density at radius 1 is 1.33 bits per heavy atom. The van der Waals surface area contributed by atoms with E-state index in [1.807, 2.05) is 12.1 Å². The van der Waals surface area contributed by atoms with Gasteiger partial charge in [-0.2, -0.15) is 11.3 Å². The monoisotopic (exact) mass is 302 g/mol. The Balaban J connectivity index is 1.68. The molecule has 3 nitrogen and oxygen atoms in total. The first-order valence-corrected chi connectivity index (χ1v) is 8.43. The number of hydrogen-bond acceptors (Lipinski definition) is 4. The second-order valence-electron chi connectivity index (χ2n) is 5.43. The highest BCUT2D eigenvalue weighted by Gasteiger charge is 2.26. The Bertz CT molecular complexity index is 556. The van der Waals surface area contributed by atoms with Crippen molar-refractivity contribution in [1.82, 2.24) is 10.6 Å². The fraction of sp³-hybridized carbons (Fsp3) is 0.412. The van der Waals surface area contributed by atoms with Crippen LogP contribution in [0.25, 0.3) is 0 Å². The lowest BCUT2D eigenvalue weighted by Gasteiger charge is -2.33. The van der Waals surface area contributed by atoms with Crippen molar-refractivity contribution in [3.8, 4) is 5.75 Å².